The van der Waals surface area contributed by atoms with Gasteiger partial charge in [-0.1, -0.05) is 12.1 Å². The van der Waals surface area contributed by atoms with Crippen molar-refractivity contribution in [3.05, 3.63) is 36.0 Å². The molecule has 4 rings (SSSR count). The minimum Gasteiger partial charge on any atom is -0.479 e. The van der Waals surface area contributed by atoms with Gasteiger partial charge >= 0.3 is 6.01 Å². The SMILES string of the molecule is Cc1nc2ccccc2nc1-c1cc2nc(S)nc(O)n2n1. The van der Waals surface area contributed by atoms with E-state index in [-0.39, 0.29) is 11.2 Å². The van der Waals surface area contributed by atoms with Crippen LogP contribution < -0.4 is 0 Å². The first-order valence-corrected chi connectivity index (χ1v) is 6.96. The summed E-state index contributed by atoms with van der Waals surface area (Å²) < 4.78 is 1.24. The van der Waals surface area contributed by atoms with E-state index in [9.17, 15) is 5.11 Å². The Labute approximate surface area is 130 Å². The van der Waals surface area contributed by atoms with Crippen LogP contribution in [0.5, 0.6) is 6.01 Å². The third-order valence-corrected chi connectivity index (χ3v) is 3.48. The van der Waals surface area contributed by atoms with Gasteiger partial charge in [0.1, 0.15) is 11.4 Å². The van der Waals surface area contributed by atoms with Crippen LogP contribution in [0.25, 0.3) is 28.1 Å². The first-order chi connectivity index (χ1) is 10.6. The third-order valence-electron chi connectivity index (χ3n) is 3.28. The number of nitrogens with zero attached hydrogens (tertiary/aromatic N) is 6. The van der Waals surface area contributed by atoms with Gasteiger partial charge in [-0.2, -0.15) is 14.6 Å². The van der Waals surface area contributed by atoms with E-state index in [2.05, 4.69) is 37.7 Å². The first kappa shape index (κ1) is 13.0. The second kappa shape index (κ2) is 4.63. The Kier molecular flexibility index (Phi) is 2.73. The van der Waals surface area contributed by atoms with Gasteiger partial charge < -0.3 is 5.11 Å². The molecule has 0 saturated carbocycles. The number of hydrogen-bond donors (Lipinski definition) is 2. The van der Waals surface area contributed by atoms with Crippen molar-refractivity contribution in [2.75, 3.05) is 0 Å². The molecule has 0 aliphatic rings. The zero-order chi connectivity index (χ0) is 15.3. The van der Waals surface area contributed by atoms with Crippen molar-refractivity contribution in [3.8, 4) is 17.4 Å². The Hall–Kier alpha value is -2.74. The molecule has 0 aliphatic carbocycles. The van der Waals surface area contributed by atoms with Gasteiger partial charge in [-0.15, -0.1) is 12.6 Å². The maximum atomic E-state index is 9.82. The first-order valence-electron chi connectivity index (χ1n) is 6.51. The highest BCUT2D eigenvalue weighted by atomic mass is 32.1. The second-order valence-corrected chi connectivity index (χ2v) is 5.17. The van der Waals surface area contributed by atoms with Crippen LogP contribution in [0.15, 0.2) is 35.5 Å². The molecule has 4 aromatic rings. The van der Waals surface area contributed by atoms with Crippen molar-refractivity contribution in [3.63, 3.8) is 0 Å². The molecule has 108 valence electrons. The van der Waals surface area contributed by atoms with Crippen molar-refractivity contribution in [2.45, 2.75) is 12.1 Å². The maximum absolute atomic E-state index is 9.82. The van der Waals surface area contributed by atoms with Crippen molar-refractivity contribution in [1.82, 2.24) is 29.5 Å². The normalized spacial score (nSPS) is 11.4. The summed E-state index contributed by atoms with van der Waals surface area (Å²) in [4.78, 5) is 17.0. The highest BCUT2D eigenvalue weighted by Gasteiger charge is 2.14. The number of aromatic hydroxyl groups is 1. The molecule has 0 bridgehead atoms. The smallest absolute Gasteiger partial charge is 0.319 e. The van der Waals surface area contributed by atoms with Crippen LogP contribution in [0, 0.1) is 6.92 Å². The van der Waals surface area contributed by atoms with Crippen molar-refractivity contribution in [2.24, 2.45) is 0 Å². The molecule has 1 N–H and O–H groups in total. The lowest BCUT2D eigenvalue weighted by Gasteiger charge is -2.03. The molecule has 0 spiro atoms. The standard InChI is InChI=1S/C14H10N6OS/c1-7-12(16-9-5-3-2-4-8(9)15-7)10-6-11-17-13(22)18-14(21)20(11)19-10/h2-6H,1H3,(H2,17,18,21,22). The van der Waals surface area contributed by atoms with Crippen LogP contribution in [-0.4, -0.2) is 34.7 Å². The summed E-state index contributed by atoms with van der Waals surface area (Å²) in [5.41, 5.74) is 4.02. The molecule has 0 aliphatic heterocycles. The maximum Gasteiger partial charge on any atom is 0.319 e. The van der Waals surface area contributed by atoms with Gasteiger partial charge in [0.2, 0.25) is 0 Å². The van der Waals surface area contributed by atoms with Crippen LogP contribution in [0.2, 0.25) is 0 Å². The van der Waals surface area contributed by atoms with E-state index >= 15 is 0 Å². The zero-order valence-corrected chi connectivity index (χ0v) is 12.4. The minimum atomic E-state index is -0.271. The van der Waals surface area contributed by atoms with E-state index in [1.54, 1.807) is 6.07 Å². The molecule has 3 heterocycles. The highest BCUT2D eigenvalue weighted by molar-refractivity contribution is 7.80. The van der Waals surface area contributed by atoms with Crippen LogP contribution in [0.4, 0.5) is 0 Å². The predicted molar refractivity (Wildman–Crippen MR) is 83.0 cm³/mol. The van der Waals surface area contributed by atoms with Gasteiger partial charge in [-0.25, -0.2) is 15.0 Å². The van der Waals surface area contributed by atoms with Gasteiger partial charge in [0.25, 0.3) is 0 Å². The number of thiol groups is 1. The molecule has 0 radical (unpaired) electrons. The number of rotatable bonds is 1. The van der Waals surface area contributed by atoms with Gasteiger partial charge in [-0.3, -0.25) is 0 Å². The Morgan fingerprint density at radius 2 is 1.77 bits per heavy atom. The van der Waals surface area contributed by atoms with E-state index in [1.165, 1.54) is 4.52 Å². The topological polar surface area (TPSA) is 89.1 Å². The fourth-order valence-electron chi connectivity index (χ4n) is 2.31. The Bertz CT molecular complexity index is 1030. The average molecular weight is 310 g/mol. The molecule has 8 heteroatoms. The van der Waals surface area contributed by atoms with E-state index in [4.69, 9.17) is 0 Å². The van der Waals surface area contributed by atoms with Crippen LogP contribution >= 0.6 is 12.6 Å². The molecule has 7 nitrogen and oxygen atoms in total. The number of aryl methyl sites for hydroxylation is 1. The fourth-order valence-corrected chi connectivity index (χ4v) is 2.50. The molecule has 0 atom stereocenters. The second-order valence-electron chi connectivity index (χ2n) is 4.77. The minimum absolute atomic E-state index is 0.178. The quantitative estimate of drug-likeness (QED) is 0.523. The number of benzene rings is 1. The van der Waals surface area contributed by atoms with Gasteiger partial charge in [0.05, 0.1) is 16.7 Å². The summed E-state index contributed by atoms with van der Waals surface area (Å²) in [6, 6.07) is 9.07. The fraction of sp³-hybridized carbons (Fsp3) is 0.0714. The molecule has 3 aromatic heterocycles. The van der Waals surface area contributed by atoms with Crippen molar-refractivity contribution >= 4 is 29.3 Å². The lowest BCUT2D eigenvalue weighted by atomic mass is 10.2. The van der Waals surface area contributed by atoms with Gasteiger partial charge in [-0.05, 0) is 19.1 Å². The van der Waals surface area contributed by atoms with Gasteiger partial charge in [0, 0.05) is 6.07 Å². The summed E-state index contributed by atoms with van der Waals surface area (Å²) in [7, 11) is 0. The van der Waals surface area contributed by atoms with Crippen molar-refractivity contribution in [1.29, 1.82) is 0 Å². The Morgan fingerprint density at radius 1 is 1.05 bits per heavy atom. The summed E-state index contributed by atoms with van der Waals surface area (Å²) in [5.74, 6) is 0. The molecule has 1 aromatic carbocycles. The highest BCUT2D eigenvalue weighted by Crippen LogP contribution is 2.24. The summed E-state index contributed by atoms with van der Waals surface area (Å²) in [5, 5.41) is 14.3. The van der Waals surface area contributed by atoms with E-state index < -0.39 is 0 Å². The summed E-state index contributed by atoms with van der Waals surface area (Å²) >= 11 is 4.04. The third kappa shape index (κ3) is 1.96. The number of fused-ring (bicyclic) bond motifs is 2. The van der Waals surface area contributed by atoms with Gasteiger partial charge in [0.15, 0.2) is 10.8 Å². The lowest BCUT2D eigenvalue weighted by molar-refractivity contribution is 0.404. The van der Waals surface area contributed by atoms with E-state index in [1.807, 2.05) is 31.2 Å². The zero-order valence-electron chi connectivity index (χ0n) is 11.5. The largest absolute Gasteiger partial charge is 0.479 e. The van der Waals surface area contributed by atoms with Crippen molar-refractivity contribution < 1.29 is 5.11 Å². The predicted octanol–water partition coefficient (Wildman–Crippen LogP) is 2.04. The average Bonchev–Trinajstić information content (AvgIpc) is 2.90. The van der Waals surface area contributed by atoms with Crippen LogP contribution in [-0.2, 0) is 0 Å². The lowest BCUT2D eigenvalue weighted by Crippen LogP contribution is -1.97. The molecule has 0 fully saturated rings. The molecule has 0 saturated heterocycles. The molecule has 0 unspecified atom stereocenters. The van der Waals surface area contributed by atoms with Crippen LogP contribution in [0.1, 0.15) is 5.69 Å². The summed E-state index contributed by atoms with van der Waals surface area (Å²) in [6.45, 7) is 1.87. The number of para-hydroxylation sites is 2. The molecule has 0 amide bonds. The summed E-state index contributed by atoms with van der Waals surface area (Å²) in [6.07, 6.45) is 0. The Morgan fingerprint density at radius 3 is 2.55 bits per heavy atom. The van der Waals surface area contributed by atoms with E-state index in [0.717, 1.165) is 16.7 Å². The van der Waals surface area contributed by atoms with E-state index in [0.29, 0.717) is 17.0 Å². The number of aromatic nitrogens is 6. The van der Waals surface area contributed by atoms with Crippen LogP contribution in [0.3, 0.4) is 0 Å². The molecular formula is C14H10N6OS. The molecule has 22 heavy (non-hydrogen) atoms. The number of hydrogen-bond acceptors (Lipinski definition) is 7. The monoisotopic (exact) mass is 310 g/mol. The Balaban J connectivity index is 1.98. The molecular weight excluding hydrogens is 300 g/mol.